The van der Waals surface area contributed by atoms with Gasteiger partial charge in [-0.1, -0.05) is 0 Å². The number of hydrogen-bond acceptors (Lipinski definition) is 3. The molecule has 0 spiro atoms. The molecule has 0 atom stereocenters. The first-order chi connectivity index (χ1) is 9.26. The molecule has 0 N–H and O–H groups in total. The summed E-state index contributed by atoms with van der Waals surface area (Å²) in [6.45, 7) is 0. The molecule has 4 saturated carbocycles. The van der Waals surface area contributed by atoms with Crippen molar-refractivity contribution in [2.45, 2.75) is 38.1 Å². The minimum atomic E-state index is -0.192. The van der Waals surface area contributed by atoms with Crippen LogP contribution in [0.25, 0.3) is 0 Å². The van der Waals surface area contributed by atoms with Crippen LogP contribution in [0.1, 0.15) is 43.8 Å². The van der Waals surface area contributed by atoms with E-state index in [1.165, 1.54) is 32.1 Å². The molecular formula is C15H17N3O. The Morgan fingerprint density at radius 2 is 1.79 bits per heavy atom. The van der Waals surface area contributed by atoms with Crippen molar-refractivity contribution >= 4 is 0 Å². The normalized spacial score (nSPS) is 39.2. The number of hydrogen-bond donors (Lipinski definition) is 0. The van der Waals surface area contributed by atoms with Crippen molar-refractivity contribution in [3.05, 3.63) is 28.4 Å². The second kappa shape index (κ2) is 3.93. The van der Waals surface area contributed by atoms with Gasteiger partial charge in [0.05, 0.1) is 0 Å². The van der Waals surface area contributed by atoms with Gasteiger partial charge in [0.15, 0.2) is 0 Å². The molecule has 19 heavy (non-hydrogen) atoms. The lowest BCUT2D eigenvalue weighted by Gasteiger charge is -2.54. The molecule has 5 rings (SSSR count). The van der Waals surface area contributed by atoms with Gasteiger partial charge in [-0.25, -0.2) is 4.98 Å². The number of rotatable bonds is 1. The van der Waals surface area contributed by atoms with E-state index in [1.54, 1.807) is 12.4 Å². The van der Waals surface area contributed by atoms with E-state index in [1.807, 2.05) is 10.6 Å². The maximum atomic E-state index is 12.3. The molecule has 1 aromatic rings. The largest absolute Gasteiger partial charge is 0.308 e. The number of aromatic nitrogens is 2. The first kappa shape index (κ1) is 11.2. The molecule has 0 amide bonds. The zero-order valence-electron chi connectivity index (χ0n) is 10.8. The van der Waals surface area contributed by atoms with Crippen LogP contribution in [0.4, 0.5) is 0 Å². The van der Waals surface area contributed by atoms with Crippen LogP contribution in [-0.4, -0.2) is 9.55 Å². The molecule has 0 aliphatic heterocycles. The second-order valence-electron chi connectivity index (χ2n) is 6.52. The molecule has 0 unspecified atom stereocenters. The van der Waals surface area contributed by atoms with Crippen LogP contribution < -0.4 is 5.56 Å². The van der Waals surface area contributed by atoms with Gasteiger partial charge >= 0.3 is 0 Å². The monoisotopic (exact) mass is 255 g/mol. The molecule has 1 heterocycles. The maximum absolute atomic E-state index is 12.3. The van der Waals surface area contributed by atoms with Crippen molar-refractivity contribution < 1.29 is 0 Å². The van der Waals surface area contributed by atoms with Crippen molar-refractivity contribution in [3.63, 3.8) is 0 Å². The Bertz CT molecular complexity index is 585. The first-order valence-electron chi connectivity index (χ1n) is 7.23. The third-order valence-corrected chi connectivity index (χ3v) is 5.47. The highest BCUT2D eigenvalue weighted by Gasteiger charge is 2.49. The Morgan fingerprint density at radius 3 is 2.37 bits per heavy atom. The summed E-state index contributed by atoms with van der Waals surface area (Å²) in [7, 11) is 0. The van der Waals surface area contributed by atoms with Crippen molar-refractivity contribution in [3.8, 4) is 6.07 Å². The van der Waals surface area contributed by atoms with Gasteiger partial charge in [0.1, 0.15) is 6.07 Å². The molecular weight excluding hydrogens is 238 g/mol. The fourth-order valence-corrected chi connectivity index (χ4v) is 5.09. The molecule has 0 aromatic carbocycles. The highest BCUT2D eigenvalue weighted by molar-refractivity contribution is 5.17. The minimum Gasteiger partial charge on any atom is -0.308 e. The number of nitrogens with zero attached hydrogens (tertiary/aromatic N) is 3. The van der Waals surface area contributed by atoms with Gasteiger partial charge < -0.3 is 4.57 Å². The average Bonchev–Trinajstić information content (AvgIpc) is 2.39. The van der Waals surface area contributed by atoms with Crippen molar-refractivity contribution in [2.24, 2.45) is 23.7 Å². The van der Waals surface area contributed by atoms with Gasteiger partial charge in [-0.2, -0.15) is 5.26 Å². The highest BCUT2D eigenvalue weighted by atomic mass is 16.1. The standard InChI is InChI=1S/C15H17N3O/c16-8-13-15(19)18(2-1-17-13)14-11-4-9-3-10(6-11)7-12(14)5-9/h1-2,9-12,14H,3-7H2. The fraction of sp³-hybridized carbons (Fsp3) is 0.667. The molecule has 4 aliphatic rings. The molecule has 4 bridgehead atoms. The van der Waals surface area contributed by atoms with Gasteiger partial charge in [0, 0.05) is 18.4 Å². The zero-order chi connectivity index (χ0) is 13.0. The van der Waals surface area contributed by atoms with Crippen molar-refractivity contribution in [1.29, 1.82) is 5.26 Å². The van der Waals surface area contributed by atoms with E-state index in [-0.39, 0.29) is 11.3 Å². The Labute approximate surface area is 112 Å². The van der Waals surface area contributed by atoms with Crippen LogP contribution in [0, 0.1) is 35.0 Å². The third-order valence-electron chi connectivity index (χ3n) is 5.47. The van der Waals surface area contributed by atoms with E-state index in [0.29, 0.717) is 17.9 Å². The molecule has 4 heteroatoms. The third kappa shape index (κ3) is 1.57. The summed E-state index contributed by atoms with van der Waals surface area (Å²) in [5.74, 6) is 3.07. The second-order valence-corrected chi connectivity index (χ2v) is 6.52. The molecule has 0 saturated heterocycles. The number of nitriles is 1. The van der Waals surface area contributed by atoms with Gasteiger partial charge in [0.2, 0.25) is 5.69 Å². The summed E-state index contributed by atoms with van der Waals surface area (Å²) in [5, 5.41) is 8.97. The lowest BCUT2D eigenvalue weighted by molar-refractivity contribution is -0.0305. The van der Waals surface area contributed by atoms with E-state index in [2.05, 4.69) is 4.98 Å². The molecule has 4 nitrogen and oxygen atoms in total. The van der Waals surface area contributed by atoms with Gasteiger partial charge in [-0.15, -0.1) is 0 Å². The predicted octanol–water partition coefficient (Wildman–Crippen LogP) is 2.11. The Morgan fingerprint density at radius 1 is 1.16 bits per heavy atom. The average molecular weight is 255 g/mol. The summed E-state index contributed by atoms with van der Waals surface area (Å²) in [6.07, 6.45) is 9.89. The van der Waals surface area contributed by atoms with Crippen LogP contribution in [-0.2, 0) is 0 Å². The predicted molar refractivity (Wildman–Crippen MR) is 69.3 cm³/mol. The molecule has 4 fully saturated rings. The molecule has 0 radical (unpaired) electrons. The van der Waals surface area contributed by atoms with E-state index in [9.17, 15) is 4.79 Å². The van der Waals surface area contributed by atoms with E-state index < -0.39 is 0 Å². The Kier molecular flexibility index (Phi) is 2.32. The highest BCUT2D eigenvalue weighted by Crippen LogP contribution is 2.57. The Balaban J connectivity index is 1.78. The quantitative estimate of drug-likeness (QED) is 0.772. The van der Waals surface area contributed by atoms with Crippen LogP contribution >= 0.6 is 0 Å². The molecule has 98 valence electrons. The molecule has 1 aromatic heterocycles. The van der Waals surface area contributed by atoms with Gasteiger partial charge in [0.25, 0.3) is 5.56 Å². The molecule has 4 aliphatic carbocycles. The van der Waals surface area contributed by atoms with E-state index >= 15 is 0 Å². The van der Waals surface area contributed by atoms with Gasteiger partial charge in [-0.3, -0.25) is 4.79 Å². The summed E-state index contributed by atoms with van der Waals surface area (Å²) in [5.41, 5.74) is -0.154. The summed E-state index contributed by atoms with van der Waals surface area (Å²) >= 11 is 0. The van der Waals surface area contributed by atoms with Crippen LogP contribution in [0.2, 0.25) is 0 Å². The zero-order valence-corrected chi connectivity index (χ0v) is 10.8. The summed E-state index contributed by atoms with van der Waals surface area (Å²) in [6, 6.07) is 2.23. The van der Waals surface area contributed by atoms with E-state index in [0.717, 1.165) is 11.8 Å². The lowest BCUT2D eigenvalue weighted by atomic mass is 9.54. The van der Waals surface area contributed by atoms with Crippen molar-refractivity contribution in [2.75, 3.05) is 0 Å². The fourth-order valence-electron chi connectivity index (χ4n) is 5.09. The van der Waals surface area contributed by atoms with Crippen LogP contribution in [0.3, 0.4) is 0 Å². The smallest absolute Gasteiger partial charge is 0.287 e. The van der Waals surface area contributed by atoms with E-state index in [4.69, 9.17) is 5.26 Å². The van der Waals surface area contributed by atoms with Crippen LogP contribution in [0.15, 0.2) is 17.2 Å². The topological polar surface area (TPSA) is 58.7 Å². The van der Waals surface area contributed by atoms with Gasteiger partial charge in [-0.05, 0) is 55.8 Å². The van der Waals surface area contributed by atoms with Crippen LogP contribution in [0.5, 0.6) is 0 Å². The SMILES string of the molecule is N#Cc1nccn(C2C3CC4CC(C3)CC2C4)c1=O. The minimum absolute atomic E-state index is 0.0382. The lowest BCUT2D eigenvalue weighted by Crippen LogP contribution is -2.48. The maximum Gasteiger partial charge on any atom is 0.287 e. The summed E-state index contributed by atoms with van der Waals surface area (Å²) in [4.78, 5) is 16.2. The first-order valence-corrected chi connectivity index (χ1v) is 7.23. The van der Waals surface area contributed by atoms with Crippen molar-refractivity contribution in [1.82, 2.24) is 9.55 Å². The summed E-state index contributed by atoms with van der Waals surface area (Å²) < 4.78 is 1.82. The Hall–Kier alpha value is -1.63.